The fourth-order valence-corrected chi connectivity index (χ4v) is 9.00. The number of aliphatic hydroxyl groups excluding tert-OH is 1. The molecule has 508 valence electrons. The zero-order chi connectivity index (χ0) is 66.1. The molecule has 5 nitrogen and oxygen atoms in total. The minimum Gasteiger partial charge on any atom is -0.462 e. The first-order valence-corrected chi connectivity index (χ1v) is 36.2. The number of allylic oxidation sites excluding steroid dienone is 42. The third kappa shape index (κ3) is 75.9. The highest BCUT2D eigenvalue weighted by molar-refractivity contribution is 5.70. The van der Waals surface area contributed by atoms with Crippen LogP contribution in [0.2, 0.25) is 0 Å². The number of hydrogen-bond donors (Lipinski definition) is 1. The highest BCUT2D eigenvalue weighted by atomic mass is 16.6. The second kappa shape index (κ2) is 78.7. The van der Waals surface area contributed by atoms with Gasteiger partial charge in [0.05, 0.1) is 6.61 Å². The van der Waals surface area contributed by atoms with Crippen molar-refractivity contribution in [3.63, 3.8) is 0 Å². The van der Waals surface area contributed by atoms with Crippen LogP contribution in [0.4, 0.5) is 0 Å². The maximum absolute atomic E-state index is 12.4. The Kier molecular flexibility index (Phi) is 73.1. The van der Waals surface area contributed by atoms with E-state index >= 15 is 0 Å². The molecule has 0 bridgehead atoms. The van der Waals surface area contributed by atoms with E-state index in [1.54, 1.807) is 0 Å². The lowest BCUT2D eigenvalue weighted by Crippen LogP contribution is -2.28. The number of carbonyl (C=O) groups excluding carboxylic acids is 2. The maximum Gasteiger partial charge on any atom is 0.306 e. The van der Waals surface area contributed by atoms with Gasteiger partial charge in [-0.1, -0.05) is 327 Å². The lowest BCUT2D eigenvalue weighted by atomic mass is 10.1. The van der Waals surface area contributed by atoms with Gasteiger partial charge < -0.3 is 14.6 Å². The van der Waals surface area contributed by atoms with Crippen LogP contribution in [0.1, 0.15) is 258 Å². The molecule has 0 aliphatic rings. The highest BCUT2D eigenvalue weighted by Gasteiger charge is 2.16. The van der Waals surface area contributed by atoms with Crippen molar-refractivity contribution in [1.29, 1.82) is 0 Å². The number of aliphatic hydroxyl groups is 1. The molecule has 0 aromatic carbocycles. The molecule has 0 saturated heterocycles. The molecule has 1 unspecified atom stereocenters. The third-order valence-corrected chi connectivity index (χ3v) is 14.3. The number of carbonyl (C=O) groups is 2. The predicted molar refractivity (Wildman–Crippen MR) is 407 cm³/mol. The lowest BCUT2D eigenvalue weighted by molar-refractivity contribution is -0.161. The van der Waals surface area contributed by atoms with E-state index in [1.807, 2.05) is 0 Å². The topological polar surface area (TPSA) is 72.8 Å². The molecule has 0 rings (SSSR count). The van der Waals surface area contributed by atoms with Crippen LogP contribution in [0, 0.1) is 0 Å². The predicted octanol–water partition coefficient (Wildman–Crippen LogP) is 26.0. The Bertz CT molecular complexity index is 2310. The van der Waals surface area contributed by atoms with Crippen LogP contribution in [-0.2, 0) is 19.1 Å². The van der Waals surface area contributed by atoms with E-state index in [0.717, 1.165) is 186 Å². The van der Waals surface area contributed by atoms with Gasteiger partial charge >= 0.3 is 11.9 Å². The van der Waals surface area contributed by atoms with E-state index in [-0.39, 0.29) is 25.2 Å². The van der Waals surface area contributed by atoms with Gasteiger partial charge in [0.25, 0.3) is 0 Å². The molecule has 92 heavy (non-hydrogen) atoms. The second-order valence-electron chi connectivity index (χ2n) is 22.8. The Balaban J connectivity index is 3.67. The van der Waals surface area contributed by atoms with Crippen LogP contribution in [0.15, 0.2) is 255 Å². The quantitative estimate of drug-likeness (QED) is 0.0373. The molecule has 0 aliphatic carbocycles. The SMILES string of the molecule is CC/C=C\C/C=C\C/C=C\C/C=C\C/C=C\C/C=C\C/C=C\C/C=C\C/C=C\C/C=C\C/C=C\CCCCCC(=O)OC(CO)COC(=O)CCCCCCCCCCCC/C=C\C/C=C\C/C=C\C/C=C\C/C=C\C/C=C\C/C=C\C/C=C\C/C=C\C/C=C\CC. The first-order valence-electron chi connectivity index (χ1n) is 36.2. The van der Waals surface area contributed by atoms with Gasteiger partial charge in [-0.05, 0) is 173 Å². The van der Waals surface area contributed by atoms with E-state index < -0.39 is 6.10 Å². The summed E-state index contributed by atoms with van der Waals surface area (Å²) in [5.74, 6) is -0.652. The van der Waals surface area contributed by atoms with E-state index in [1.165, 1.54) is 44.9 Å². The smallest absolute Gasteiger partial charge is 0.306 e. The fraction of sp³-hybridized carbons (Fsp3) is 0.494. The molecule has 0 saturated carbocycles. The third-order valence-electron chi connectivity index (χ3n) is 14.3. The molecule has 1 atom stereocenters. The normalized spacial score (nSPS) is 13.8. The van der Waals surface area contributed by atoms with Gasteiger partial charge in [0.1, 0.15) is 6.61 Å². The van der Waals surface area contributed by atoms with Crippen LogP contribution in [-0.4, -0.2) is 36.4 Å². The number of esters is 2. The lowest BCUT2D eigenvalue weighted by Gasteiger charge is -2.15. The standard InChI is InChI=1S/C87H130O5/c1-3-5-7-9-11-13-15-17-19-21-23-25-27-29-31-33-35-37-39-41-42-43-44-46-47-49-51-53-55-57-59-61-63-65-67-69-71-73-75-77-79-81-86(89)91-84-85(83-88)92-87(90)82-80-78-76-74-72-70-68-66-64-62-60-58-56-54-52-50-48-45-40-38-36-34-32-30-28-26-24-22-20-18-16-14-12-10-8-6-4-2/h5-8,11-14,17-20,23-26,29-32,35-38,41-42,44-46,48-49,51-52,54-55,57-58,60,64,66,70,72,85,88H,3-4,9-10,15-16,21-22,27-28,33-34,39-40,43,47,50,53,56,59,61-63,65,67-69,71,73-84H2,1-2H3/b7-5-,8-6-,13-11-,14-12-,19-17-,20-18-,25-23-,26-24-,31-29-,32-30-,37-35-,38-36-,42-41-,46-44-,48-45-,51-49-,54-52-,57-55-,60-58-,66-64-,72-70-. The Labute approximate surface area is 565 Å². The molecule has 0 amide bonds. The Hall–Kier alpha value is -6.56. The van der Waals surface area contributed by atoms with Gasteiger partial charge in [0, 0.05) is 12.8 Å². The Morgan fingerprint density at radius 2 is 0.435 bits per heavy atom. The van der Waals surface area contributed by atoms with Gasteiger partial charge in [-0.25, -0.2) is 0 Å². The van der Waals surface area contributed by atoms with Gasteiger partial charge in [0.2, 0.25) is 0 Å². The fourth-order valence-electron chi connectivity index (χ4n) is 9.00. The zero-order valence-corrected chi connectivity index (χ0v) is 58.2. The summed E-state index contributed by atoms with van der Waals surface area (Å²) in [5.41, 5.74) is 0. The van der Waals surface area contributed by atoms with Crippen LogP contribution in [0.3, 0.4) is 0 Å². The zero-order valence-electron chi connectivity index (χ0n) is 58.2. The summed E-state index contributed by atoms with van der Waals surface area (Å²) < 4.78 is 10.7. The molecule has 0 radical (unpaired) electrons. The summed E-state index contributed by atoms with van der Waals surface area (Å²) >= 11 is 0. The Morgan fingerprint density at radius 3 is 0.663 bits per heavy atom. The van der Waals surface area contributed by atoms with Crippen molar-refractivity contribution in [2.24, 2.45) is 0 Å². The summed E-state index contributed by atoms with van der Waals surface area (Å²) in [6.45, 7) is 3.87. The highest BCUT2D eigenvalue weighted by Crippen LogP contribution is 2.14. The van der Waals surface area contributed by atoms with Crippen LogP contribution in [0.25, 0.3) is 0 Å². The summed E-state index contributed by atoms with van der Waals surface area (Å²) in [4.78, 5) is 24.7. The molecule has 1 N–H and O–H groups in total. The average molecular weight is 1260 g/mol. The van der Waals surface area contributed by atoms with Crippen molar-refractivity contribution in [3.8, 4) is 0 Å². The molecule has 0 aromatic heterocycles. The molecule has 0 spiro atoms. The molecule has 0 aliphatic heterocycles. The van der Waals surface area contributed by atoms with Crippen molar-refractivity contribution in [3.05, 3.63) is 255 Å². The summed E-state index contributed by atoms with van der Waals surface area (Å²) in [6.07, 6.45) is 131. The van der Waals surface area contributed by atoms with Crippen LogP contribution >= 0.6 is 0 Å². The number of hydrogen-bond acceptors (Lipinski definition) is 5. The van der Waals surface area contributed by atoms with Gasteiger partial charge in [-0.15, -0.1) is 0 Å². The number of unbranched alkanes of at least 4 members (excludes halogenated alkanes) is 13. The molecule has 0 heterocycles. The maximum atomic E-state index is 12.4. The first kappa shape index (κ1) is 85.4. The van der Waals surface area contributed by atoms with Crippen LogP contribution in [0.5, 0.6) is 0 Å². The van der Waals surface area contributed by atoms with E-state index in [4.69, 9.17) is 9.47 Å². The minimum atomic E-state index is -0.814. The first-order chi connectivity index (χ1) is 45.6. The number of rotatable bonds is 63. The molecule has 5 heteroatoms. The van der Waals surface area contributed by atoms with Gasteiger partial charge in [0.15, 0.2) is 6.10 Å². The monoisotopic (exact) mass is 1250 g/mol. The van der Waals surface area contributed by atoms with Gasteiger partial charge in [-0.3, -0.25) is 9.59 Å². The van der Waals surface area contributed by atoms with Crippen molar-refractivity contribution in [2.45, 2.75) is 264 Å². The van der Waals surface area contributed by atoms with E-state index in [0.29, 0.717) is 12.8 Å². The van der Waals surface area contributed by atoms with E-state index in [2.05, 4.69) is 269 Å². The second-order valence-corrected chi connectivity index (χ2v) is 22.8. The summed E-state index contributed by atoms with van der Waals surface area (Å²) in [7, 11) is 0. The summed E-state index contributed by atoms with van der Waals surface area (Å²) in [5, 5.41) is 9.70. The molecular formula is C87H130O5. The largest absolute Gasteiger partial charge is 0.462 e. The van der Waals surface area contributed by atoms with Crippen molar-refractivity contribution < 1.29 is 24.2 Å². The minimum absolute atomic E-state index is 0.0986. The van der Waals surface area contributed by atoms with E-state index in [9.17, 15) is 14.7 Å². The van der Waals surface area contributed by atoms with Crippen molar-refractivity contribution in [1.82, 2.24) is 0 Å². The van der Waals surface area contributed by atoms with Crippen molar-refractivity contribution >= 4 is 11.9 Å². The summed E-state index contributed by atoms with van der Waals surface area (Å²) in [6, 6.07) is 0. The average Bonchev–Trinajstić information content (AvgIpc) is 3.70. The van der Waals surface area contributed by atoms with Crippen LogP contribution < -0.4 is 0 Å². The number of ether oxygens (including phenoxy) is 2. The molecular weight excluding hydrogens is 1120 g/mol. The Morgan fingerprint density at radius 1 is 0.250 bits per heavy atom. The van der Waals surface area contributed by atoms with Gasteiger partial charge in [-0.2, -0.15) is 0 Å². The molecule has 0 aromatic rings. The van der Waals surface area contributed by atoms with Crippen molar-refractivity contribution in [2.75, 3.05) is 13.2 Å². The molecule has 0 fully saturated rings.